The molecule has 27 heavy (non-hydrogen) atoms. The number of imidazole rings is 1. The first-order valence-electron chi connectivity index (χ1n) is 8.15. The molecule has 4 rings (SSSR count). The summed E-state index contributed by atoms with van der Waals surface area (Å²) in [5.74, 6) is 6.60. The highest BCUT2D eigenvalue weighted by Crippen LogP contribution is 2.25. The highest BCUT2D eigenvalue weighted by atomic mass is 19.1. The van der Waals surface area contributed by atoms with E-state index in [1.807, 2.05) is 12.1 Å². The number of benzene rings is 2. The Balaban J connectivity index is 1.80. The van der Waals surface area contributed by atoms with E-state index < -0.39 is 0 Å². The summed E-state index contributed by atoms with van der Waals surface area (Å²) in [6.45, 7) is 0. The van der Waals surface area contributed by atoms with Crippen LogP contribution in [0.1, 0.15) is 11.4 Å². The molecule has 0 saturated carbocycles. The summed E-state index contributed by atoms with van der Waals surface area (Å²) in [6.07, 6.45) is 0. The van der Waals surface area contributed by atoms with Gasteiger partial charge in [0.2, 0.25) is 5.82 Å². The molecule has 6 nitrogen and oxygen atoms in total. The highest BCUT2D eigenvalue weighted by Gasteiger charge is 2.15. The lowest BCUT2D eigenvalue weighted by Gasteiger charge is -2.02. The molecule has 0 radical (unpaired) electrons. The Morgan fingerprint density at radius 1 is 0.963 bits per heavy atom. The fourth-order valence-electron chi connectivity index (χ4n) is 2.72. The van der Waals surface area contributed by atoms with Crippen LogP contribution in [0.5, 0.6) is 0 Å². The second-order valence-corrected chi connectivity index (χ2v) is 5.98. The largest absolute Gasteiger partial charge is 0.399 e. The van der Waals surface area contributed by atoms with Gasteiger partial charge in [0.15, 0.2) is 17.0 Å². The molecule has 132 valence electrons. The Kier molecular flexibility index (Phi) is 3.94. The standard InChI is InChI=1S/C20H15FN6/c1-27-19(13-3-2-4-14(21)11-13)26-17-18(23)24-16(25-20(17)27)10-7-12-5-8-15(22)9-6-12/h2-6,8-9,11H,22H2,1H3,(H2,23,24,25). The van der Waals surface area contributed by atoms with E-state index >= 15 is 0 Å². The number of aromatic nitrogens is 4. The van der Waals surface area contributed by atoms with Gasteiger partial charge in [-0.05, 0) is 42.3 Å². The number of nitrogens with two attached hydrogens (primary N) is 2. The molecular formula is C20H15FN6. The second kappa shape index (κ2) is 6.42. The van der Waals surface area contributed by atoms with Gasteiger partial charge in [-0.15, -0.1) is 0 Å². The van der Waals surface area contributed by atoms with Crippen LogP contribution in [0.15, 0.2) is 48.5 Å². The molecule has 2 heterocycles. The van der Waals surface area contributed by atoms with Crippen molar-refractivity contribution in [3.63, 3.8) is 0 Å². The first kappa shape index (κ1) is 16.5. The maximum Gasteiger partial charge on any atom is 0.209 e. The fraction of sp³-hybridized carbons (Fsp3) is 0.0500. The van der Waals surface area contributed by atoms with Crippen LogP contribution in [0, 0.1) is 17.7 Å². The zero-order valence-corrected chi connectivity index (χ0v) is 14.4. The second-order valence-electron chi connectivity index (χ2n) is 5.98. The number of aryl methyl sites for hydroxylation is 1. The van der Waals surface area contributed by atoms with Crippen molar-refractivity contribution in [2.24, 2.45) is 7.05 Å². The fourth-order valence-corrected chi connectivity index (χ4v) is 2.72. The van der Waals surface area contributed by atoms with Crippen molar-refractivity contribution >= 4 is 22.7 Å². The van der Waals surface area contributed by atoms with Gasteiger partial charge < -0.3 is 16.0 Å². The predicted octanol–water partition coefficient (Wildman–Crippen LogP) is 2.73. The van der Waals surface area contributed by atoms with Crippen LogP contribution >= 0.6 is 0 Å². The molecule has 0 unspecified atom stereocenters. The van der Waals surface area contributed by atoms with Crippen LogP contribution in [-0.4, -0.2) is 19.5 Å². The average Bonchev–Trinajstić information content (AvgIpc) is 2.99. The van der Waals surface area contributed by atoms with Crippen LogP contribution in [-0.2, 0) is 7.05 Å². The van der Waals surface area contributed by atoms with E-state index in [1.165, 1.54) is 12.1 Å². The molecule has 0 bridgehead atoms. The summed E-state index contributed by atoms with van der Waals surface area (Å²) in [4.78, 5) is 13.1. The van der Waals surface area contributed by atoms with Crippen LogP contribution in [0.3, 0.4) is 0 Å². The summed E-state index contributed by atoms with van der Waals surface area (Å²) < 4.78 is 15.3. The lowest BCUT2D eigenvalue weighted by atomic mass is 10.2. The van der Waals surface area contributed by atoms with Crippen molar-refractivity contribution < 1.29 is 4.39 Å². The monoisotopic (exact) mass is 358 g/mol. The number of hydrogen-bond acceptors (Lipinski definition) is 5. The van der Waals surface area contributed by atoms with E-state index in [1.54, 1.807) is 35.9 Å². The molecule has 7 heteroatoms. The Morgan fingerprint density at radius 2 is 1.74 bits per heavy atom. The van der Waals surface area contributed by atoms with Crippen LogP contribution in [0.4, 0.5) is 15.9 Å². The van der Waals surface area contributed by atoms with E-state index in [2.05, 4.69) is 26.8 Å². The number of halogens is 1. The van der Waals surface area contributed by atoms with Gasteiger partial charge in [0.1, 0.15) is 11.6 Å². The molecule has 0 spiro atoms. The molecule has 2 aromatic carbocycles. The molecule has 0 atom stereocenters. The lowest BCUT2D eigenvalue weighted by Crippen LogP contribution is -2.00. The minimum absolute atomic E-state index is 0.222. The summed E-state index contributed by atoms with van der Waals surface area (Å²) in [5.41, 5.74) is 14.8. The Hall–Kier alpha value is -3.92. The van der Waals surface area contributed by atoms with E-state index in [-0.39, 0.29) is 17.5 Å². The topological polar surface area (TPSA) is 95.6 Å². The van der Waals surface area contributed by atoms with Gasteiger partial charge in [0.05, 0.1) is 0 Å². The minimum Gasteiger partial charge on any atom is -0.399 e. The number of rotatable bonds is 1. The number of hydrogen-bond donors (Lipinski definition) is 2. The molecule has 0 amide bonds. The molecule has 0 fully saturated rings. The zero-order chi connectivity index (χ0) is 19.0. The van der Waals surface area contributed by atoms with Crippen LogP contribution in [0.25, 0.3) is 22.6 Å². The molecule has 4 aromatic rings. The molecule has 0 aliphatic carbocycles. The number of nitrogens with zero attached hydrogens (tertiary/aromatic N) is 4. The third-order valence-electron chi connectivity index (χ3n) is 4.06. The molecule has 0 aliphatic rings. The predicted molar refractivity (Wildman–Crippen MR) is 103 cm³/mol. The van der Waals surface area contributed by atoms with E-state index in [0.29, 0.717) is 28.2 Å². The number of anilines is 2. The number of fused-ring (bicyclic) bond motifs is 1. The summed E-state index contributed by atoms with van der Waals surface area (Å²) >= 11 is 0. The summed E-state index contributed by atoms with van der Waals surface area (Å²) in [7, 11) is 1.79. The van der Waals surface area contributed by atoms with Crippen molar-refractivity contribution in [3.05, 3.63) is 65.7 Å². The van der Waals surface area contributed by atoms with Crippen molar-refractivity contribution in [2.75, 3.05) is 11.5 Å². The normalized spacial score (nSPS) is 10.6. The minimum atomic E-state index is -0.339. The van der Waals surface area contributed by atoms with Gasteiger partial charge in [0, 0.05) is 23.9 Å². The smallest absolute Gasteiger partial charge is 0.209 e. The van der Waals surface area contributed by atoms with Crippen LogP contribution < -0.4 is 11.5 Å². The van der Waals surface area contributed by atoms with Crippen molar-refractivity contribution in [3.8, 4) is 23.2 Å². The molecule has 0 aliphatic heterocycles. The Labute approximate surface area is 154 Å². The third-order valence-corrected chi connectivity index (χ3v) is 4.06. The Morgan fingerprint density at radius 3 is 2.48 bits per heavy atom. The van der Waals surface area contributed by atoms with E-state index in [4.69, 9.17) is 11.5 Å². The van der Waals surface area contributed by atoms with Crippen molar-refractivity contribution in [1.82, 2.24) is 19.5 Å². The zero-order valence-electron chi connectivity index (χ0n) is 14.4. The van der Waals surface area contributed by atoms with Gasteiger partial charge >= 0.3 is 0 Å². The van der Waals surface area contributed by atoms with Gasteiger partial charge in [-0.3, -0.25) is 0 Å². The SMILES string of the molecule is Cn1c(-c2cccc(F)c2)nc2c(N)nc(C#Cc3ccc(N)cc3)nc21. The third kappa shape index (κ3) is 3.16. The molecular weight excluding hydrogens is 343 g/mol. The van der Waals surface area contributed by atoms with Gasteiger partial charge in [-0.2, -0.15) is 0 Å². The summed E-state index contributed by atoms with van der Waals surface area (Å²) in [6, 6.07) is 13.4. The van der Waals surface area contributed by atoms with E-state index in [9.17, 15) is 4.39 Å². The van der Waals surface area contributed by atoms with Crippen molar-refractivity contribution in [1.29, 1.82) is 0 Å². The quantitative estimate of drug-likeness (QED) is 0.403. The maximum atomic E-state index is 13.6. The first-order chi connectivity index (χ1) is 13.0. The van der Waals surface area contributed by atoms with Gasteiger partial charge in [-0.25, -0.2) is 19.3 Å². The maximum absolute atomic E-state index is 13.6. The highest BCUT2D eigenvalue weighted by molar-refractivity contribution is 5.85. The molecule has 0 saturated heterocycles. The Bertz CT molecular complexity index is 1220. The number of nitrogen functional groups attached to an aromatic ring is 2. The van der Waals surface area contributed by atoms with E-state index in [0.717, 1.165) is 5.56 Å². The van der Waals surface area contributed by atoms with Gasteiger partial charge in [-0.1, -0.05) is 18.1 Å². The lowest BCUT2D eigenvalue weighted by molar-refractivity contribution is 0.628. The summed E-state index contributed by atoms with van der Waals surface area (Å²) in [5, 5.41) is 0. The molecule has 2 aromatic heterocycles. The van der Waals surface area contributed by atoms with Crippen molar-refractivity contribution in [2.45, 2.75) is 0 Å². The first-order valence-corrected chi connectivity index (χ1v) is 8.15. The molecule has 4 N–H and O–H groups in total. The average molecular weight is 358 g/mol. The van der Waals surface area contributed by atoms with Crippen LogP contribution in [0.2, 0.25) is 0 Å². The van der Waals surface area contributed by atoms with Gasteiger partial charge in [0.25, 0.3) is 0 Å².